The van der Waals surface area contributed by atoms with E-state index in [2.05, 4.69) is 9.88 Å². The summed E-state index contributed by atoms with van der Waals surface area (Å²) in [6.07, 6.45) is 3.94. The summed E-state index contributed by atoms with van der Waals surface area (Å²) in [5.41, 5.74) is 7.84. The molecule has 1 saturated heterocycles. The van der Waals surface area contributed by atoms with Crippen LogP contribution in [-0.2, 0) is 6.54 Å². The first-order valence-corrected chi connectivity index (χ1v) is 6.74. The van der Waals surface area contributed by atoms with E-state index in [1.165, 1.54) is 6.07 Å². The Kier molecular flexibility index (Phi) is 3.44. The second-order valence-electron chi connectivity index (χ2n) is 5.24. The molecule has 100 valence electrons. The van der Waals surface area contributed by atoms with E-state index in [4.69, 9.17) is 5.73 Å². The van der Waals surface area contributed by atoms with Gasteiger partial charge in [-0.2, -0.15) is 0 Å². The van der Waals surface area contributed by atoms with E-state index in [1.54, 1.807) is 18.3 Å². The molecule has 1 unspecified atom stereocenters. The highest BCUT2D eigenvalue weighted by Gasteiger charge is 2.18. The average Bonchev–Trinajstić information content (AvgIpc) is 2.42. The molecule has 1 aromatic carbocycles. The van der Waals surface area contributed by atoms with E-state index in [-0.39, 0.29) is 11.9 Å². The number of aromatic nitrogens is 1. The fourth-order valence-corrected chi connectivity index (χ4v) is 2.80. The number of nitrogens with two attached hydrogens (primary N) is 1. The number of piperidine rings is 1. The predicted molar refractivity (Wildman–Crippen MR) is 74.2 cm³/mol. The predicted octanol–water partition coefficient (Wildman–Crippen LogP) is 2.30. The van der Waals surface area contributed by atoms with Gasteiger partial charge in [0.25, 0.3) is 0 Å². The van der Waals surface area contributed by atoms with Crippen LogP contribution in [-0.4, -0.2) is 29.0 Å². The summed E-state index contributed by atoms with van der Waals surface area (Å²) in [5.74, 6) is -0.206. The number of likely N-dealkylation sites (tertiary alicyclic amines) is 1. The molecule has 4 heteroatoms. The number of halogens is 1. The first-order valence-electron chi connectivity index (χ1n) is 6.74. The Morgan fingerprint density at radius 2 is 2.26 bits per heavy atom. The summed E-state index contributed by atoms with van der Waals surface area (Å²) in [4.78, 5) is 6.66. The molecule has 1 atom stereocenters. The molecule has 3 rings (SSSR count). The Morgan fingerprint density at radius 1 is 1.37 bits per heavy atom. The smallest absolute Gasteiger partial charge is 0.132 e. The Morgan fingerprint density at radius 3 is 3.11 bits per heavy atom. The molecule has 2 N–H and O–H groups in total. The molecule has 1 aromatic heterocycles. The van der Waals surface area contributed by atoms with Crippen molar-refractivity contribution in [2.45, 2.75) is 25.4 Å². The van der Waals surface area contributed by atoms with Crippen molar-refractivity contribution in [1.82, 2.24) is 9.88 Å². The number of hydrogen-bond acceptors (Lipinski definition) is 3. The van der Waals surface area contributed by atoms with Gasteiger partial charge in [-0.05, 0) is 43.1 Å². The van der Waals surface area contributed by atoms with Gasteiger partial charge in [-0.1, -0.05) is 6.07 Å². The lowest BCUT2D eigenvalue weighted by molar-refractivity contribution is 0.202. The van der Waals surface area contributed by atoms with Crippen molar-refractivity contribution in [3.05, 3.63) is 41.8 Å². The van der Waals surface area contributed by atoms with Crippen molar-refractivity contribution in [1.29, 1.82) is 0 Å². The third-order valence-electron chi connectivity index (χ3n) is 3.74. The molecule has 0 saturated carbocycles. The Bertz CT molecular complexity index is 585. The number of rotatable bonds is 2. The van der Waals surface area contributed by atoms with E-state index in [0.717, 1.165) is 43.6 Å². The van der Waals surface area contributed by atoms with Gasteiger partial charge in [0.2, 0.25) is 0 Å². The highest BCUT2D eigenvalue weighted by atomic mass is 19.1. The van der Waals surface area contributed by atoms with E-state index >= 15 is 0 Å². The molecule has 1 aliphatic heterocycles. The van der Waals surface area contributed by atoms with Gasteiger partial charge in [-0.25, -0.2) is 4.39 Å². The second kappa shape index (κ2) is 5.23. The van der Waals surface area contributed by atoms with Gasteiger partial charge in [0, 0.05) is 30.7 Å². The van der Waals surface area contributed by atoms with Crippen molar-refractivity contribution in [3.63, 3.8) is 0 Å². The minimum Gasteiger partial charge on any atom is -0.327 e. The zero-order valence-electron chi connectivity index (χ0n) is 10.8. The van der Waals surface area contributed by atoms with Crippen LogP contribution in [0.2, 0.25) is 0 Å². The topological polar surface area (TPSA) is 42.1 Å². The van der Waals surface area contributed by atoms with Crippen molar-refractivity contribution < 1.29 is 4.39 Å². The molecule has 3 nitrogen and oxygen atoms in total. The van der Waals surface area contributed by atoms with E-state index in [1.807, 2.05) is 6.07 Å². The lowest BCUT2D eigenvalue weighted by atomic mass is 10.0. The molecular weight excluding hydrogens is 241 g/mol. The number of fused-ring (bicyclic) bond motifs is 1. The maximum Gasteiger partial charge on any atom is 0.132 e. The van der Waals surface area contributed by atoms with Gasteiger partial charge >= 0.3 is 0 Å². The number of nitrogens with zero attached hydrogens (tertiary/aromatic N) is 2. The van der Waals surface area contributed by atoms with Gasteiger partial charge in [-0.15, -0.1) is 0 Å². The van der Waals surface area contributed by atoms with Gasteiger partial charge in [-0.3, -0.25) is 9.88 Å². The fraction of sp³-hybridized carbons (Fsp3) is 0.400. The van der Waals surface area contributed by atoms with Crippen LogP contribution in [0.4, 0.5) is 4.39 Å². The summed E-state index contributed by atoms with van der Waals surface area (Å²) in [6, 6.07) is 7.18. The van der Waals surface area contributed by atoms with Gasteiger partial charge in [0.15, 0.2) is 0 Å². The van der Waals surface area contributed by atoms with Gasteiger partial charge < -0.3 is 5.73 Å². The lowest BCUT2D eigenvalue weighted by Crippen LogP contribution is -2.42. The first kappa shape index (κ1) is 12.5. The molecule has 0 radical (unpaired) electrons. The standard InChI is InChI=1S/C15H18FN3/c16-14-6-5-11(15-13(14)4-1-7-18-15)9-19-8-2-3-12(17)10-19/h1,4-7,12H,2-3,8-10,17H2. The minimum absolute atomic E-state index is 0.206. The van der Waals surface area contributed by atoms with E-state index in [9.17, 15) is 4.39 Å². The van der Waals surface area contributed by atoms with Gasteiger partial charge in [0.1, 0.15) is 5.82 Å². The van der Waals surface area contributed by atoms with Crippen LogP contribution in [0.5, 0.6) is 0 Å². The highest BCUT2D eigenvalue weighted by Crippen LogP contribution is 2.22. The van der Waals surface area contributed by atoms with Gasteiger partial charge in [0.05, 0.1) is 5.52 Å². The summed E-state index contributed by atoms with van der Waals surface area (Å²) in [5, 5.41) is 0.598. The maximum atomic E-state index is 13.7. The third-order valence-corrected chi connectivity index (χ3v) is 3.74. The molecule has 0 bridgehead atoms. The molecule has 0 aliphatic carbocycles. The molecule has 1 fully saturated rings. The van der Waals surface area contributed by atoms with Crippen LogP contribution in [0.15, 0.2) is 30.5 Å². The molecule has 2 heterocycles. The molecular formula is C15H18FN3. The Balaban J connectivity index is 1.90. The van der Waals surface area contributed by atoms with Crippen LogP contribution in [0.1, 0.15) is 18.4 Å². The highest BCUT2D eigenvalue weighted by molar-refractivity contribution is 5.82. The lowest BCUT2D eigenvalue weighted by Gasteiger charge is -2.30. The summed E-state index contributed by atoms with van der Waals surface area (Å²) in [6.45, 7) is 2.76. The zero-order chi connectivity index (χ0) is 13.2. The largest absolute Gasteiger partial charge is 0.327 e. The van der Waals surface area contributed by atoms with Crippen molar-refractivity contribution in [2.24, 2.45) is 5.73 Å². The van der Waals surface area contributed by atoms with Crippen molar-refractivity contribution >= 4 is 10.9 Å². The SMILES string of the molecule is NC1CCCN(Cc2ccc(F)c3cccnc23)C1. The molecule has 0 spiro atoms. The summed E-state index contributed by atoms with van der Waals surface area (Å²) >= 11 is 0. The van der Waals surface area contributed by atoms with Crippen LogP contribution >= 0.6 is 0 Å². The van der Waals surface area contributed by atoms with Crippen molar-refractivity contribution in [2.75, 3.05) is 13.1 Å². The Hall–Kier alpha value is -1.52. The molecule has 2 aromatic rings. The maximum absolute atomic E-state index is 13.7. The third kappa shape index (κ3) is 2.60. The fourth-order valence-electron chi connectivity index (χ4n) is 2.80. The van der Waals surface area contributed by atoms with E-state index < -0.39 is 0 Å². The second-order valence-corrected chi connectivity index (χ2v) is 5.24. The first-order chi connectivity index (χ1) is 9.24. The van der Waals surface area contributed by atoms with E-state index in [0.29, 0.717) is 5.39 Å². The summed E-state index contributed by atoms with van der Waals surface area (Å²) in [7, 11) is 0. The van der Waals surface area contributed by atoms with Crippen molar-refractivity contribution in [3.8, 4) is 0 Å². The average molecular weight is 259 g/mol. The molecule has 1 aliphatic rings. The number of benzene rings is 1. The number of pyridine rings is 1. The monoisotopic (exact) mass is 259 g/mol. The summed E-state index contributed by atoms with van der Waals surface area (Å²) < 4.78 is 13.7. The van der Waals surface area contributed by atoms with Crippen LogP contribution in [0.3, 0.4) is 0 Å². The van der Waals surface area contributed by atoms with Crippen LogP contribution in [0, 0.1) is 5.82 Å². The zero-order valence-corrected chi connectivity index (χ0v) is 10.8. The number of hydrogen-bond donors (Lipinski definition) is 1. The molecule has 19 heavy (non-hydrogen) atoms. The molecule has 0 amide bonds. The quantitative estimate of drug-likeness (QED) is 0.899. The minimum atomic E-state index is -0.206. The van der Waals surface area contributed by atoms with Crippen LogP contribution in [0.25, 0.3) is 10.9 Å². The van der Waals surface area contributed by atoms with Crippen LogP contribution < -0.4 is 5.73 Å². The normalized spacial score (nSPS) is 20.8. The Labute approximate surface area is 112 Å².